The summed E-state index contributed by atoms with van der Waals surface area (Å²) in [5.41, 5.74) is 3.20. The molecule has 0 aliphatic carbocycles. The van der Waals surface area contributed by atoms with E-state index in [1.54, 1.807) is 0 Å². The molecule has 2 nitrogen and oxygen atoms in total. The SMILES string of the molecule is CCC(=O)c1ccc(NCC(C)(C)c2ccccc2)cc1. The lowest BCUT2D eigenvalue weighted by Gasteiger charge is -2.26. The number of benzene rings is 2. The topological polar surface area (TPSA) is 29.1 Å². The van der Waals surface area contributed by atoms with Gasteiger partial charge in [-0.05, 0) is 29.8 Å². The van der Waals surface area contributed by atoms with Crippen LogP contribution in [0.1, 0.15) is 43.1 Å². The van der Waals surface area contributed by atoms with Crippen molar-refractivity contribution in [1.29, 1.82) is 0 Å². The van der Waals surface area contributed by atoms with Crippen molar-refractivity contribution in [2.45, 2.75) is 32.6 Å². The van der Waals surface area contributed by atoms with E-state index in [-0.39, 0.29) is 11.2 Å². The van der Waals surface area contributed by atoms with Gasteiger partial charge >= 0.3 is 0 Å². The van der Waals surface area contributed by atoms with Crippen molar-refractivity contribution in [3.05, 3.63) is 65.7 Å². The molecule has 2 heteroatoms. The zero-order chi connectivity index (χ0) is 15.3. The van der Waals surface area contributed by atoms with Crippen LogP contribution < -0.4 is 5.32 Å². The summed E-state index contributed by atoms with van der Waals surface area (Å²) in [6, 6.07) is 18.2. The molecule has 110 valence electrons. The van der Waals surface area contributed by atoms with Crippen molar-refractivity contribution in [2.75, 3.05) is 11.9 Å². The molecule has 0 saturated heterocycles. The first-order valence-corrected chi connectivity index (χ1v) is 7.45. The van der Waals surface area contributed by atoms with Crippen molar-refractivity contribution >= 4 is 11.5 Å². The fourth-order valence-corrected chi connectivity index (χ4v) is 2.29. The third-order valence-corrected chi connectivity index (χ3v) is 3.82. The lowest BCUT2D eigenvalue weighted by molar-refractivity contribution is 0.0988. The van der Waals surface area contributed by atoms with Gasteiger partial charge in [-0.25, -0.2) is 0 Å². The molecule has 2 aromatic carbocycles. The molecule has 0 bridgehead atoms. The van der Waals surface area contributed by atoms with Gasteiger partial charge in [0.05, 0.1) is 0 Å². The van der Waals surface area contributed by atoms with E-state index < -0.39 is 0 Å². The molecule has 1 N–H and O–H groups in total. The van der Waals surface area contributed by atoms with Gasteiger partial charge in [0, 0.05) is 29.6 Å². The molecule has 0 spiro atoms. The Morgan fingerprint density at radius 2 is 1.62 bits per heavy atom. The molecular formula is C19H23NO. The van der Waals surface area contributed by atoms with Gasteiger partial charge in [0.1, 0.15) is 0 Å². The van der Waals surface area contributed by atoms with Crippen LogP contribution in [0.5, 0.6) is 0 Å². The number of Topliss-reactive ketones (excluding diaryl/α,β-unsaturated/α-hetero) is 1. The molecule has 0 unspecified atom stereocenters. The van der Waals surface area contributed by atoms with Crippen molar-refractivity contribution in [3.63, 3.8) is 0 Å². The minimum atomic E-state index is 0.0547. The summed E-state index contributed by atoms with van der Waals surface area (Å²) < 4.78 is 0. The van der Waals surface area contributed by atoms with E-state index in [0.717, 1.165) is 17.8 Å². The predicted octanol–water partition coefficient (Wildman–Crippen LogP) is 4.67. The Kier molecular flexibility index (Phi) is 4.79. The van der Waals surface area contributed by atoms with Gasteiger partial charge in [0.15, 0.2) is 5.78 Å². The third-order valence-electron chi connectivity index (χ3n) is 3.82. The molecular weight excluding hydrogens is 258 g/mol. The summed E-state index contributed by atoms with van der Waals surface area (Å²) in [5.74, 6) is 0.186. The van der Waals surface area contributed by atoms with Gasteiger partial charge in [0.2, 0.25) is 0 Å². The van der Waals surface area contributed by atoms with E-state index in [1.165, 1.54) is 5.56 Å². The summed E-state index contributed by atoms with van der Waals surface area (Å²) in [7, 11) is 0. The number of hydrogen-bond acceptors (Lipinski definition) is 2. The lowest BCUT2D eigenvalue weighted by atomic mass is 9.84. The van der Waals surface area contributed by atoms with E-state index in [4.69, 9.17) is 0 Å². The normalized spacial score (nSPS) is 11.2. The van der Waals surface area contributed by atoms with Crippen molar-refractivity contribution in [2.24, 2.45) is 0 Å². The molecule has 0 amide bonds. The zero-order valence-electron chi connectivity index (χ0n) is 13.0. The van der Waals surface area contributed by atoms with Crippen LogP contribution in [0.2, 0.25) is 0 Å². The molecule has 2 rings (SSSR count). The Morgan fingerprint density at radius 3 is 2.19 bits per heavy atom. The number of carbonyl (C=O) groups is 1. The molecule has 0 heterocycles. The monoisotopic (exact) mass is 281 g/mol. The quantitative estimate of drug-likeness (QED) is 0.780. The van der Waals surface area contributed by atoms with Crippen molar-refractivity contribution < 1.29 is 4.79 Å². The Hall–Kier alpha value is -2.09. The van der Waals surface area contributed by atoms with Gasteiger partial charge in [0.25, 0.3) is 0 Å². The van der Waals surface area contributed by atoms with Crippen LogP contribution in [0.25, 0.3) is 0 Å². The smallest absolute Gasteiger partial charge is 0.162 e. The Labute approximate surface area is 127 Å². The minimum absolute atomic E-state index is 0.0547. The first-order chi connectivity index (χ1) is 10.0. The summed E-state index contributed by atoms with van der Waals surface area (Å²) in [4.78, 5) is 11.6. The number of nitrogens with one attached hydrogen (secondary N) is 1. The van der Waals surface area contributed by atoms with Crippen LogP contribution in [-0.2, 0) is 5.41 Å². The van der Waals surface area contributed by atoms with Gasteiger partial charge < -0.3 is 5.32 Å². The number of hydrogen-bond donors (Lipinski definition) is 1. The van der Waals surface area contributed by atoms with E-state index in [9.17, 15) is 4.79 Å². The first-order valence-electron chi connectivity index (χ1n) is 7.45. The van der Waals surface area contributed by atoms with Crippen LogP contribution in [0.4, 0.5) is 5.69 Å². The molecule has 0 radical (unpaired) electrons. The number of rotatable bonds is 6. The maximum absolute atomic E-state index is 11.6. The average molecular weight is 281 g/mol. The average Bonchev–Trinajstić information content (AvgIpc) is 2.53. The summed E-state index contributed by atoms with van der Waals surface area (Å²) in [6.07, 6.45) is 0.549. The molecule has 0 aromatic heterocycles. The van der Waals surface area contributed by atoms with Gasteiger partial charge in [-0.1, -0.05) is 51.1 Å². The number of anilines is 1. The van der Waals surface area contributed by atoms with E-state index >= 15 is 0 Å². The Bertz CT molecular complexity index is 585. The molecule has 0 aliphatic rings. The first kappa shape index (κ1) is 15.3. The van der Waals surface area contributed by atoms with Gasteiger partial charge in [-0.3, -0.25) is 4.79 Å². The van der Waals surface area contributed by atoms with Crippen LogP contribution in [0.15, 0.2) is 54.6 Å². The highest BCUT2D eigenvalue weighted by molar-refractivity contribution is 5.96. The van der Waals surface area contributed by atoms with Crippen molar-refractivity contribution in [1.82, 2.24) is 0 Å². The number of carbonyl (C=O) groups excluding carboxylic acids is 1. The van der Waals surface area contributed by atoms with Crippen LogP contribution >= 0.6 is 0 Å². The molecule has 2 aromatic rings. The summed E-state index contributed by atoms with van der Waals surface area (Å²) >= 11 is 0. The molecule has 0 atom stereocenters. The molecule has 21 heavy (non-hydrogen) atoms. The second kappa shape index (κ2) is 6.57. The standard InChI is InChI=1S/C19H23NO/c1-4-18(21)15-10-12-17(13-11-15)20-14-19(2,3)16-8-6-5-7-9-16/h5-13,20H,4,14H2,1-3H3. The zero-order valence-corrected chi connectivity index (χ0v) is 13.0. The largest absolute Gasteiger partial charge is 0.384 e. The second-order valence-corrected chi connectivity index (χ2v) is 5.96. The predicted molar refractivity (Wildman–Crippen MR) is 89.0 cm³/mol. The molecule has 0 saturated carbocycles. The molecule has 0 aliphatic heterocycles. The minimum Gasteiger partial charge on any atom is -0.384 e. The van der Waals surface area contributed by atoms with Crippen LogP contribution in [0, 0.1) is 0 Å². The van der Waals surface area contributed by atoms with E-state index in [1.807, 2.05) is 37.3 Å². The maximum Gasteiger partial charge on any atom is 0.162 e. The fraction of sp³-hybridized carbons (Fsp3) is 0.316. The van der Waals surface area contributed by atoms with E-state index in [2.05, 4.69) is 43.4 Å². The van der Waals surface area contributed by atoms with Crippen LogP contribution in [-0.4, -0.2) is 12.3 Å². The Morgan fingerprint density at radius 1 is 1.00 bits per heavy atom. The number of ketones is 1. The summed E-state index contributed by atoms with van der Waals surface area (Å²) in [5, 5.41) is 3.46. The fourth-order valence-electron chi connectivity index (χ4n) is 2.29. The highest BCUT2D eigenvalue weighted by Crippen LogP contribution is 2.23. The third kappa shape index (κ3) is 3.94. The Balaban J connectivity index is 2.01. The van der Waals surface area contributed by atoms with Gasteiger partial charge in [-0.15, -0.1) is 0 Å². The van der Waals surface area contributed by atoms with Crippen LogP contribution in [0.3, 0.4) is 0 Å². The maximum atomic E-state index is 11.6. The second-order valence-electron chi connectivity index (χ2n) is 5.96. The highest BCUT2D eigenvalue weighted by Gasteiger charge is 2.19. The van der Waals surface area contributed by atoms with Gasteiger partial charge in [-0.2, -0.15) is 0 Å². The highest BCUT2D eigenvalue weighted by atomic mass is 16.1. The summed E-state index contributed by atoms with van der Waals surface area (Å²) in [6.45, 7) is 7.18. The van der Waals surface area contributed by atoms with Crippen molar-refractivity contribution in [3.8, 4) is 0 Å². The lowest BCUT2D eigenvalue weighted by Crippen LogP contribution is -2.27. The van der Waals surface area contributed by atoms with E-state index in [0.29, 0.717) is 6.42 Å². The molecule has 0 fully saturated rings.